The number of nitrogens with zero attached hydrogens (tertiary/aromatic N) is 1. The lowest BCUT2D eigenvalue weighted by Gasteiger charge is -2.03. The van der Waals surface area contributed by atoms with Crippen LogP contribution in [0.25, 0.3) is 0 Å². The molecule has 3 nitrogen and oxygen atoms in total. The van der Waals surface area contributed by atoms with Crippen LogP contribution in [0.4, 0.5) is 0 Å². The molecule has 0 aliphatic heterocycles. The number of hydrogen-bond acceptors (Lipinski definition) is 3. The van der Waals surface area contributed by atoms with Gasteiger partial charge in [0.1, 0.15) is 5.15 Å². The van der Waals surface area contributed by atoms with Gasteiger partial charge in [-0.15, -0.1) is 0 Å². The molecule has 1 heterocycles. The standard InChI is InChI=1S/C9H11ClN2OS/c1-14-5-4-12-9(13)7-2-3-11-8(10)6-7/h2-3,6H,4-5H2,1H3,(H,12,13). The third-order valence-corrected chi connectivity index (χ3v) is 2.40. The highest BCUT2D eigenvalue weighted by molar-refractivity contribution is 7.98. The Morgan fingerprint density at radius 2 is 2.50 bits per heavy atom. The number of carbonyl (C=O) groups excluding carboxylic acids is 1. The van der Waals surface area contributed by atoms with Crippen molar-refractivity contribution >= 4 is 29.3 Å². The number of carbonyl (C=O) groups is 1. The van der Waals surface area contributed by atoms with Crippen molar-refractivity contribution in [3.63, 3.8) is 0 Å². The molecule has 5 heteroatoms. The molecule has 0 fully saturated rings. The van der Waals surface area contributed by atoms with Crippen LogP contribution in [-0.2, 0) is 0 Å². The third kappa shape index (κ3) is 3.55. The van der Waals surface area contributed by atoms with Crippen LogP contribution >= 0.6 is 23.4 Å². The van der Waals surface area contributed by atoms with E-state index in [-0.39, 0.29) is 5.91 Å². The van der Waals surface area contributed by atoms with E-state index in [1.165, 1.54) is 6.20 Å². The molecule has 14 heavy (non-hydrogen) atoms. The van der Waals surface area contributed by atoms with E-state index in [0.29, 0.717) is 17.3 Å². The fourth-order valence-corrected chi connectivity index (χ4v) is 1.39. The summed E-state index contributed by atoms with van der Waals surface area (Å²) < 4.78 is 0. The Morgan fingerprint density at radius 3 is 3.14 bits per heavy atom. The number of rotatable bonds is 4. The highest BCUT2D eigenvalue weighted by Gasteiger charge is 2.04. The molecule has 0 spiro atoms. The lowest BCUT2D eigenvalue weighted by molar-refractivity contribution is 0.0956. The van der Waals surface area contributed by atoms with Crippen molar-refractivity contribution in [2.24, 2.45) is 0 Å². The predicted octanol–water partition coefficient (Wildman–Crippen LogP) is 1.83. The molecule has 0 aromatic carbocycles. The second-order valence-electron chi connectivity index (χ2n) is 2.62. The summed E-state index contributed by atoms with van der Waals surface area (Å²) in [6, 6.07) is 3.19. The number of thioether (sulfide) groups is 1. The average Bonchev–Trinajstić information content (AvgIpc) is 2.18. The summed E-state index contributed by atoms with van der Waals surface area (Å²) in [5, 5.41) is 3.12. The Hall–Kier alpha value is -0.740. The summed E-state index contributed by atoms with van der Waals surface area (Å²) in [5.41, 5.74) is 0.547. The van der Waals surface area contributed by atoms with Crippen LogP contribution in [0, 0.1) is 0 Å². The van der Waals surface area contributed by atoms with E-state index in [4.69, 9.17) is 11.6 Å². The molecule has 1 N–H and O–H groups in total. The number of pyridine rings is 1. The monoisotopic (exact) mass is 230 g/mol. The summed E-state index contributed by atoms with van der Waals surface area (Å²) in [5.74, 6) is 0.799. The molecule has 76 valence electrons. The molecule has 0 saturated heterocycles. The molecule has 0 atom stereocenters. The van der Waals surface area contributed by atoms with Crippen LogP contribution in [0.2, 0.25) is 5.15 Å². The molecule has 1 rings (SSSR count). The van der Waals surface area contributed by atoms with Crippen molar-refractivity contribution in [1.29, 1.82) is 0 Å². The first-order chi connectivity index (χ1) is 6.74. The van der Waals surface area contributed by atoms with Crippen molar-refractivity contribution in [3.8, 4) is 0 Å². The molecule has 0 radical (unpaired) electrons. The van der Waals surface area contributed by atoms with Gasteiger partial charge < -0.3 is 5.32 Å². The summed E-state index contributed by atoms with van der Waals surface area (Å²) in [6.45, 7) is 0.667. The molecule has 0 saturated carbocycles. The van der Waals surface area contributed by atoms with Gasteiger partial charge in [-0.1, -0.05) is 11.6 Å². The lowest BCUT2D eigenvalue weighted by Crippen LogP contribution is -2.25. The summed E-state index contributed by atoms with van der Waals surface area (Å²) >= 11 is 7.34. The van der Waals surface area contributed by atoms with E-state index in [1.54, 1.807) is 23.9 Å². The zero-order valence-corrected chi connectivity index (χ0v) is 9.36. The molecule has 0 aliphatic carbocycles. The van der Waals surface area contributed by atoms with Crippen LogP contribution < -0.4 is 5.32 Å². The maximum atomic E-state index is 11.5. The van der Waals surface area contributed by atoms with Gasteiger partial charge in [-0.25, -0.2) is 4.98 Å². The van der Waals surface area contributed by atoms with Gasteiger partial charge in [0.05, 0.1) is 0 Å². The highest BCUT2D eigenvalue weighted by atomic mass is 35.5. The van der Waals surface area contributed by atoms with Gasteiger partial charge in [0, 0.05) is 24.1 Å². The van der Waals surface area contributed by atoms with Crippen molar-refractivity contribution in [2.75, 3.05) is 18.6 Å². The van der Waals surface area contributed by atoms with Crippen LogP contribution in [0.3, 0.4) is 0 Å². The van der Waals surface area contributed by atoms with Crippen molar-refractivity contribution in [1.82, 2.24) is 10.3 Å². The minimum absolute atomic E-state index is 0.108. The predicted molar refractivity (Wildman–Crippen MR) is 60.0 cm³/mol. The van der Waals surface area contributed by atoms with Gasteiger partial charge in [-0.2, -0.15) is 11.8 Å². The molecular formula is C9H11ClN2OS. The minimum Gasteiger partial charge on any atom is -0.351 e. The minimum atomic E-state index is -0.108. The maximum absolute atomic E-state index is 11.5. The third-order valence-electron chi connectivity index (χ3n) is 1.58. The molecule has 1 aromatic heterocycles. The van der Waals surface area contributed by atoms with Gasteiger partial charge in [0.25, 0.3) is 5.91 Å². The number of amides is 1. The Labute approximate surface area is 92.2 Å². The Morgan fingerprint density at radius 1 is 1.71 bits per heavy atom. The maximum Gasteiger partial charge on any atom is 0.251 e. The Kier molecular flexibility index (Phi) is 4.76. The van der Waals surface area contributed by atoms with E-state index < -0.39 is 0 Å². The van der Waals surface area contributed by atoms with Gasteiger partial charge in [0.2, 0.25) is 0 Å². The van der Waals surface area contributed by atoms with E-state index in [2.05, 4.69) is 10.3 Å². The molecule has 1 aromatic rings. The zero-order chi connectivity index (χ0) is 10.4. The smallest absolute Gasteiger partial charge is 0.251 e. The first kappa shape index (κ1) is 11.3. The van der Waals surface area contributed by atoms with Crippen LogP contribution in [0.5, 0.6) is 0 Å². The molecule has 0 bridgehead atoms. The second-order valence-corrected chi connectivity index (χ2v) is 3.99. The number of aromatic nitrogens is 1. The van der Waals surface area contributed by atoms with Gasteiger partial charge in [0.15, 0.2) is 0 Å². The Bertz CT molecular complexity index is 319. The topological polar surface area (TPSA) is 42.0 Å². The molecule has 0 aliphatic rings. The van der Waals surface area contributed by atoms with Gasteiger partial charge >= 0.3 is 0 Å². The number of hydrogen-bond donors (Lipinski definition) is 1. The van der Waals surface area contributed by atoms with E-state index in [1.807, 2.05) is 6.26 Å². The normalized spacial score (nSPS) is 9.86. The van der Waals surface area contributed by atoms with Crippen molar-refractivity contribution in [3.05, 3.63) is 29.0 Å². The largest absolute Gasteiger partial charge is 0.351 e. The average molecular weight is 231 g/mol. The quantitative estimate of drug-likeness (QED) is 0.634. The molecule has 1 amide bonds. The second kappa shape index (κ2) is 5.88. The summed E-state index contributed by atoms with van der Waals surface area (Å²) in [7, 11) is 0. The van der Waals surface area contributed by atoms with E-state index >= 15 is 0 Å². The molecule has 0 unspecified atom stereocenters. The number of halogens is 1. The summed E-state index contributed by atoms with van der Waals surface area (Å²) in [4.78, 5) is 15.3. The number of nitrogens with one attached hydrogen (secondary N) is 1. The van der Waals surface area contributed by atoms with E-state index in [0.717, 1.165) is 5.75 Å². The van der Waals surface area contributed by atoms with Gasteiger partial charge in [-0.3, -0.25) is 4.79 Å². The Balaban J connectivity index is 2.52. The van der Waals surface area contributed by atoms with Crippen molar-refractivity contribution in [2.45, 2.75) is 0 Å². The summed E-state index contributed by atoms with van der Waals surface area (Å²) in [6.07, 6.45) is 3.52. The lowest BCUT2D eigenvalue weighted by atomic mass is 10.2. The molecular weight excluding hydrogens is 220 g/mol. The first-order valence-electron chi connectivity index (χ1n) is 4.12. The van der Waals surface area contributed by atoms with Crippen LogP contribution in [0.1, 0.15) is 10.4 Å². The fourth-order valence-electron chi connectivity index (χ4n) is 0.912. The van der Waals surface area contributed by atoms with E-state index in [9.17, 15) is 4.79 Å². The zero-order valence-electron chi connectivity index (χ0n) is 7.79. The SMILES string of the molecule is CSCCNC(=O)c1ccnc(Cl)c1. The first-order valence-corrected chi connectivity index (χ1v) is 5.90. The fraction of sp³-hybridized carbons (Fsp3) is 0.333. The van der Waals surface area contributed by atoms with Crippen LogP contribution in [-0.4, -0.2) is 29.4 Å². The van der Waals surface area contributed by atoms with Crippen molar-refractivity contribution < 1.29 is 4.79 Å². The highest BCUT2D eigenvalue weighted by Crippen LogP contribution is 2.06. The van der Waals surface area contributed by atoms with Crippen LogP contribution in [0.15, 0.2) is 18.3 Å². The van der Waals surface area contributed by atoms with Gasteiger partial charge in [-0.05, 0) is 18.4 Å².